The lowest BCUT2D eigenvalue weighted by Gasteiger charge is -2.23. The molecule has 0 aromatic rings. The predicted octanol–water partition coefficient (Wildman–Crippen LogP) is 5.42. The van der Waals surface area contributed by atoms with Crippen LogP contribution in [0.4, 0.5) is 0 Å². The number of rotatable bonds is 6. The fraction of sp³-hybridized carbons (Fsp3) is 1.00. The van der Waals surface area contributed by atoms with Crippen molar-refractivity contribution in [1.82, 2.24) is 0 Å². The maximum absolute atomic E-state index is 2.41. The minimum Gasteiger partial charge on any atom is -0.0654 e. The smallest absolute Gasteiger partial charge is 0.0294 e. The molecule has 3 unspecified atom stereocenters. The average molecular weight is 222 g/mol. The lowest BCUT2D eigenvalue weighted by molar-refractivity contribution is 0.270. The van der Waals surface area contributed by atoms with Gasteiger partial charge >= 0.3 is 0 Å². The summed E-state index contributed by atoms with van der Waals surface area (Å²) in [4.78, 5) is 0. The van der Waals surface area contributed by atoms with E-state index in [0.717, 1.165) is 23.2 Å². The molecule has 0 aromatic heterocycles. The molecule has 16 heavy (non-hydrogen) atoms. The third-order valence-electron chi connectivity index (χ3n) is 5.47. The van der Waals surface area contributed by atoms with Crippen LogP contribution in [0.15, 0.2) is 0 Å². The molecule has 0 heterocycles. The van der Waals surface area contributed by atoms with Crippen LogP contribution in [-0.4, -0.2) is 0 Å². The molecule has 3 atom stereocenters. The van der Waals surface area contributed by atoms with E-state index in [2.05, 4.69) is 20.8 Å². The normalized spacial score (nSPS) is 36.6. The van der Waals surface area contributed by atoms with Gasteiger partial charge in [-0.1, -0.05) is 40.0 Å². The molecule has 0 aromatic carbocycles. The maximum Gasteiger partial charge on any atom is -0.0294 e. The molecule has 0 saturated heterocycles. The van der Waals surface area contributed by atoms with E-state index < -0.39 is 0 Å². The Hall–Kier alpha value is 0. The van der Waals surface area contributed by atoms with Gasteiger partial charge in [-0.2, -0.15) is 0 Å². The highest BCUT2D eigenvalue weighted by atomic mass is 14.5. The fourth-order valence-corrected chi connectivity index (χ4v) is 4.24. The van der Waals surface area contributed by atoms with Gasteiger partial charge in [-0.25, -0.2) is 0 Å². The topological polar surface area (TPSA) is 0 Å². The van der Waals surface area contributed by atoms with E-state index in [9.17, 15) is 0 Å². The van der Waals surface area contributed by atoms with Gasteiger partial charge in [0.2, 0.25) is 0 Å². The molecule has 0 heteroatoms. The zero-order valence-corrected chi connectivity index (χ0v) is 11.6. The van der Waals surface area contributed by atoms with Gasteiger partial charge in [-0.3, -0.25) is 0 Å². The van der Waals surface area contributed by atoms with Crippen molar-refractivity contribution in [1.29, 1.82) is 0 Å². The monoisotopic (exact) mass is 222 g/mol. The molecule has 0 amide bonds. The molecule has 0 N–H and O–H groups in total. The van der Waals surface area contributed by atoms with Crippen molar-refractivity contribution < 1.29 is 0 Å². The Morgan fingerprint density at radius 3 is 2.12 bits per heavy atom. The summed E-state index contributed by atoms with van der Waals surface area (Å²) < 4.78 is 0. The second kappa shape index (κ2) is 5.10. The van der Waals surface area contributed by atoms with Gasteiger partial charge < -0.3 is 0 Å². The van der Waals surface area contributed by atoms with Crippen LogP contribution in [0, 0.1) is 23.2 Å². The van der Waals surface area contributed by atoms with Gasteiger partial charge in [0.25, 0.3) is 0 Å². The maximum atomic E-state index is 2.41. The van der Waals surface area contributed by atoms with Crippen molar-refractivity contribution in [3.05, 3.63) is 0 Å². The Morgan fingerprint density at radius 2 is 1.62 bits per heavy atom. The fourth-order valence-electron chi connectivity index (χ4n) is 4.24. The van der Waals surface area contributed by atoms with Crippen molar-refractivity contribution >= 4 is 0 Å². The first-order chi connectivity index (χ1) is 7.73. The average Bonchev–Trinajstić information content (AvgIpc) is 2.92. The van der Waals surface area contributed by atoms with Gasteiger partial charge in [-0.05, 0) is 61.7 Å². The molecule has 0 radical (unpaired) electrons. The third-order valence-corrected chi connectivity index (χ3v) is 5.47. The molecular weight excluding hydrogens is 192 g/mol. The van der Waals surface area contributed by atoms with Crippen molar-refractivity contribution in [3.8, 4) is 0 Å². The van der Waals surface area contributed by atoms with E-state index >= 15 is 0 Å². The minimum atomic E-state index is 0.829. The van der Waals surface area contributed by atoms with Crippen LogP contribution in [0.1, 0.15) is 78.6 Å². The van der Waals surface area contributed by atoms with E-state index in [1.807, 2.05) is 0 Å². The van der Waals surface area contributed by atoms with Crippen molar-refractivity contribution in [2.75, 3.05) is 0 Å². The summed E-state index contributed by atoms with van der Waals surface area (Å²) >= 11 is 0. The highest BCUT2D eigenvalue weighted by molar-refractivity contribution is 4.97. The minimum absolute atomic E-state index is 0.829. The van der Waals surface area contributed by atoms with Gasteiger partial charge in [0.1, 0.15) is 0 Å². The van der Waals surface area contributed by atoms with Crippen molar-refractivity contribution in [2.45, 2.75) is 78.6 Å². The summed E-state index contributed by atoms with van der Waals surface area (Å²) in [5, 5.41) is 0. The quantitative estimate of drug-likeness (QED) is 0.563. The Balaban J connectivity index is 1.88. The molecular formula is C16H30. The Bertz CT molecular complexity index is 214. The highest BCUT2D eigenvalue weighted by Gasteiger charge is 2.45. The zero-order valence-electron chi connectivity index (χ0n) is 11.6. The van der Waals surface area contributed by atoms with E-state index in [1.54, 1.807) is 32.1 Å². The summed E-state index contributed by atoms with van der Waals surface area (Å²) in [6.45, 7) is 7.16. The van der Waals surface area contributed by atoms with Crippen molar-refractivity contribution in [2.24, 2.45) is 23.2 Å². The first-order valence-electron chi connectivity index (χ1n) is 7.73. The summed E-state index contributed by atoms with van der Waals surface area (Å²) in [7, 11) is 0. The Kier molecular flexibility index (Phi) is 3.97. The zero-order chi connectivity index (χ0) is 11.6. The molecule has 2 fully saturated rings. The molecule has 0 nitrogen and oxygen atoms in total. The van der Waals surface area contributed by atoms with E-state index in [-0.39, 0.29) is 0 Å². The van der Waals surface area contributed by atoms with Crippen LogP contribution in [0.5, 0.6) is 0 Å². The van der Waals surface area contributed by atoms with Gasteiger partial charge in [0.15, 0.2) is 0 Å². The third kappa shape index (κ3) is 2.63. The number of hydrogen-bond donors (Lipinski definition) is 0. The molecule has 2 rings (SSSR count). The SMILES string of the molecule is CCCC1(CC2CC(CC)CC2CC)CC1. The molecule has 0 spiro atoms. The predicted molar refractivity (Wildman–Crippen MR) is 71.5 cm³/mol. The second-order valence-corrected chi connectivity index (χ2v) is 6.63. The van der Waals surface area contributed by atoms with E-state index in [0.29, 0.717) is 0 Å². The van der Waals surface area contributed by atoms with E-state index in [4.69, 9.17) is 0 Å². The van der Waals surface area contributed by atoms with Crippen LogP contribution in [0.2, 0.25) is 0 Å². The van der Waals surface area contributed by atoms with Crippen molar-refractivity contribution in [3.63, 3.8) is 0 Å². The Morgan fingerprint density at radius 1 is 0.938 bits per heavy atom. The molecule has 2 saturated carbocycles. The van der Waals surface area contributed by atoms with Crippen LogP contribution >= 0.6 is 0 Å². The largest absolute Gasteiger partial charge is 0.0654 e. The van der Waals surface area contributed by atoms with Crippen LogP contribution in [-0.2, 0) is 0 Å². The van der Waals surface area contributed by atoms with Crippen LogP contribution in [0.3, 0.4) is 0 Å². The molecule has 2 aliphatic rings. The molecule has 2 aliphatic carbocycles. The first-order valence-corrected chi connectivity index (χ1v) is 7.73. The summed E-state index contributed by atoms with van der Waals surface area (Å²) in [6.07, 6.45) is 13.5. The lowest BCUT2D eigenvalue weighted by Crippen LogP contribution is -2.13. The summed E-state index contributed by atoms with van der Waals surface area (Å²) in [5.74, 6) is 3.22. The molecule has 0 bridgehead atoms. The standard InChI is InChI=1S/C16H30/c1-4-7-16(8-9-16)12-15-11-13(5-2)10-14(15)6-3/h13-15H,4-12H2,1-3H3. The second-order valence-electron chi connectivity index (χ2n) is 6.63. The summed E-state index contributed by atoms with van der Waals surface area (Å²) in [5.41, 5.74) is 0.829. The molecule has 94 valence electrons. The summed E-state index contributed by atoms with van der Waals surface area (Å²) in [6, 6.07) is 0. The Labute approximate surface area is 102 Å². The van der Waals surface area contributed by atoms with Gasteiger partial charge in [0.05, 0.1) is 0 Å². The first kappa shape index (κ1) is 12.5. The lowest BCUT2D eigenvalue weighted by atomic mass is 9.82. The molecule has 0 aliphatic heterocycles. The number of hydrogen-bond acceptors (Lipinski definition) is 0. The highest BCUT2D eigenvalue weighted by Crippen LogP contribution is 2.57. The van der Waals surface area contributed by atoms with Gasteiger partial charge in [-0.15, -0.1) is 0 Å². The van der Waals surface area contributed by atoms with E-state index in [1.165, 1.54) is 25.7 Å². The van der Waals surface area contributed by atoms with Gasteiger partial charge in [0, 0.05) is 0 Å². The van der Waals surface area contributed by atoms with Crippen LogP contribution < -0.4 is 0 Å². The van der Waals surface area contributed by atoms with Crippen LogP contribution in [0.25, 0.3) is 0 Å².